The summed E-state index contributed by atoms with van der Waals surface area (Å²) in [4.78, 5) is 18.4. The molecule has 1 saturated heterocycles. The Kier molecular flexibility index (Phi) is 5.90. The molecule has 1 aliphatic heterocycles. The first-order valence-corrected chi connectivity index (χ1v) is 8.50. The standard InChI is InChI=1S/C17H24N6O3/c1-18-17(20-10-16(24)19-9-14-4-3-6-25-14)23-5-7-26-15(12-23)13-8-21-22(2)11-13/h3-4,6,8,11,15H,5,7,9-10,12H2,1-2H3,(H,18,20)(H,19,24). The maximum atomic E-state index is 12.0. The molecular formula is C17H24N6O3. The van der Waals surface area contributed by atoms with E-state index < -0.39 is 0 Å². The smallest absolute Gasteiger partial charge is 0.239 e. The van der Waals surface area contributed by atoms with Crippen LogP contribution in [0.1, 0.15) is 17.4 Å². The largest absolute Gasteiger partial charge is 0.467 e. The predicted molar refractivity (Wildman–Crippen MR) is 95.4 cm³/mol. The number of nitrogens with one attached hydrogen (secondary N) is 2. The zero-order valence-corrected chi connectivity index (χ0v) is 15.0. The summed E-state index contributed by atoms with van der Waals surface area (Å²) in [5, 5.41) is 10.1. The highest BCUT2D eigenvalue weighted by Gasteiger charge is 2.25. The number of amides is 1. The Hall–Kier alpha value is -2.81. The highest BCUT2D eigenvalue weighted by molar-refractivity contribution is 5.86. The zero-order chi connectivity index (χ0) is 18.4. The molecule has 9 heteroatoms. The SMILES string of the molecule is CN=C(NCC(=O)NCc1ccco1)N1CCOC(c2cnn(C)c2)C1. The number of ether oxygens (including phenoxy) is 1. The number of guanidine groups is 1. The molecule has 0 radical (unpaired) electrons. The van der Waals surface area contributed by atoms with Crippen molar-refractivity contribution in [2.75, 3.05) is 33.3 Å². The molecule has 1 aliphatic rings. The average molecular weight is 360 g/mol. The topological polar surface area (TPSA) is 96.9 Å². The number of carbonyl (C=O) groups is 1. The van der Waals surface area contributed by atoms with Gasteiger partial charge in [-0.15, -0.1) is 0 Å². The van der Waals surface area contributed by atoms with E-state index in [2.05, 4.69) is 25.6 Å². The highest BCUT2D eigenvalue weighted by Crippen LogP contribution is 2.21. The fraction of sp³-hybridized carbons (Fsp3) is 0.471. The number of carbonyl (C=O) groups excluding carboxylic acids is 1. The normalized spacial score (nSPS) is 18.0. The minimum Gasteiger partial charge on any atom is -0.467 e. The van der Waals surface area contributed by atoms with Crippen molar-refractivity contribution >= 4 is 11.9 Å². The quantitative estimate of drug-likeness (QED) is 0.587. The zero-order valence-electron chi connectivity index (χ0n) is 15.0. The van der Waals surface area contributed by atoms with Gasteiger partial charge in [-0.3, -0.25) is 14.5 Å². The minimum atomic E-state index is -0.125. The van der Waals surface area contributed by atoms with Crippen LogP contribution in [0.25, 0.3) is 0 Å². The Morgan fingerprint density at radius 1 is 1.46 bits per heavy atom. The van der Waals surface area contributed by atoms with E-state index in [1.54, 1.807) is 24.1 Å². The summed E-state index contributed by atoms with van der Waals surface area (Å²) in [6.45, 7) is 2.46. The van der Waals surface area contributed by atoms with Gasteiger partial charge in [-0.1, -0.05) is 0 Å². The van der Waals surface area contributed by atoms with E-state index in [-0.39, 0.29) is 18.6 Å². The van der Waals surface area contributed by atoms with Crippen LogP contribution in [-0.2, 0) is 23.1 Å². The number of aliphatic imine (C=N–C) groups is 1. The molecule has 0 spiro atoms. The van der Waals surface area contributed by atoms with Crippen LogP contribution in [0.2, 0.25) is 0 Å². The number of hydrogen-bond donors (Lipinski definition) is 2. The molecule has 0 bridgehead atoms. The lowest BCUT2D eigenvalue weighted by Crippen LogP contribution is -2.50. The van der Waals surface area contributed by atoms with Gasteiger partial charge in [-0.2, -0.15) is 5.10 Å². The van der Waals surface area contributed by atoms with E-state index in [4.69, 9.17) is 9.15 Å². The number of rotatable bonds is 5. The molecule has 0 aliphatic carbocycles. The predicted octanol–water partition coefficient (Wildman–Crippen LogP) is 0.278. The first-order valence-electron chi connectivity index (χ1n) is 8.50. The van der Waals surface area contributed by atoms with Crippen molar-refractivity contribution in [2.45, 2.75) is 12.6 Å². The Morgan fingerprint density at radius 3 is 3.04 bits per heavy atom. The molecule has 26 heavy (non-hydrogen) atoms. The fourth-order valence-electron chi connectivity index (χ4n) is 2.80. The molecule has 1 amide bonds. The lowest BCUT2D eigenvalue weighted by molar-refractivity contribution is -0.120. The van der Waals surface area contributed by atoms with E-state index in [1.807, 2.05) is 25.5 Å². The van der Waals surface area contributed by atoms with Crippen molar-refractivity contribution in [3.63, 3.8) is 0 Å². The third-order valence-corrected chi connectivity index (χ3v) is 4.12. The molecule has 1 fully saturated rings. The van der Waals surface area contributed by atoms with Crippen LogP contribution in [0.3, 0.4) is 0 Å². The van der Waals surface area contributed by atoms with E-state index in [1.165, 1.54) is 0 Å². The van der Waals surface area contributed by atoms with E-state index in [9.17, 15) is 4.79 Å². The maximum absolute atomic E-state index is 12.0. The number of hydrogen-bond acceptors (Lipinski definition) is 5. The van der Waals surface area contributed by atoms with Crippen molar-refractivity contribution < 1.29 is 13.9 Å². The lowest BCUT2D eigenvalue weighted by atomic mass is 10.1. The van der Waals surface area contributed by atoms with Gasteiger partial charge in [0.1, 0.15) is 11.9 Å². The Morgan fingerprint density at radius 2 is 2.35 bits per heavy atom. The van der Waals surface area contributed by atoms with Gasteiger partial charge in [-0.25, -0.2) is 0 Å². The Labute approximate surface area is 152 Å². The molecule has 3 heterocycles. The second-order valence-electron chi connectivity index (χ2n) is 6.01. The second kappa shape index (κ2) is 8.52. The van der Waals surface area contributed by atoms with E-state index in [0.29, 0.717) is 32.2 Å². The van der Waals surface area contributed by atoms with Gasteiger partial charge in [-0.05, 0) is 12.1 Å². The number of furan rings is 1. The van der Waals surface area contributed by atoms with Crippen molar-refractivity contribution in [3.8, 4) is 0 Å². The van der Waals surface area contributed by atoms with Gasteiger partial charge < -0.3 is 24.7 Å². The van der Waals surface area contributed by atoms with Gasteiger partial charge in [0.25, 0.3) is 0 Å². The fourth-order valence-corrected chi connectivity index (χ4v) is 2.80. The Balaban J connectivity index is 1.49. The molecule has 140 valence electrons. The average Bonchev–Trinajstić information content (AvgIpc) is 3.32. The molecule has 2 aromatic heterocycles. The molecule has 9 nitrogen and oxygen atoms in total. The maximum Gasteiger partial charge on any atom is 0.239 e. The first-order chi connectivity index (χ1) is 12.7. The van der Waals surface area contributed by atoms with Crippen molar-refractivity contribution in [1.82, 2.24) is 25.3 Å². The molecule has 1 unspecified atom stereocenters. The number of aryl methyl sites for hydroxylation is 1. The summed E-state index contributed by atoms with van der Waals surface area (Å²) in [6.07, 6.45) is 5.28. The van der Waals surface area contributed by atoms with E-state index in [0.717, 1.165) is 11.3 Å². The second-order valence-corrected chi connectivity index (χ2v) is 6.01. The molecule has 2 aromatic rings. The van der Waals surface area contributed by atoms with Crippen LogP contribution in [0.15, 0.2) is 40.2 Å². The molecule has 2 N–H and O–H groups in total. The van der Waals surface area contributed by atoms with Gasteiger partial charge in [0, 0.05) is 32.4 Å². The lowest BCUT2D eigenvalue weighted by Gasteiger charge is -2.34. The molecule has 0 saturated carbocycles. The first kappa shape index (κ1) is 18.0. The van der Waals surface area contributed by atoms with Crippen LogP contribution < -0.4 is 10.6 Å². The molecule has 0 aromatic carbocycles. The van der Waals surface area contributed by atoms with Gasteiger partial charge in [0.2, 0.25) is 5.91 Å². The van der Waals surface area contributed by atoms with Crippen LogP contribution in [0, 0.1) is 0 Å². The molecule has 3 rings (SSSR count). The number of nitrogens with zero attached hydrogens (tertiary/aromatic N) is 4. The van der Waals surface area contributed by atoms with Crippen LogP contribution in [-0.4, -0.2) is 59.8 Å². The summed E-state index contributed by atoms with van der Waals surface area (Å²) in [5.41, 5.74) is 1.03. The monoisotopic (exact) mass is 360 g/mol. The van der Waals surface area contributed by atoms with Crippen molar-refractivity contribution in [2.24, 2.45) is 12.0 Å². The third-order valence-electron chi connectivity index (χ3n) is 4.12. The summed E-state index contributed by atoms with van der Waals surface area (Å²) >= 11 is 0. The van der Waals surface area contributed by atoms with Crippen LogP contribution >= 0.6 is 0 Å². The van der Waals surface area contributed by atoms with Gasteiger partial charge >= 0.3 is 0 Å². The molecular weight excluding hydrogens is 336 g/mol. The summed E-state index contributed by atoms with van der Waals surface area (Å²) in [5.74, 6) is 1.27. The van der Waals surface area contributed by atoms with Crippen LogP contribution in [0.4, 0.5) is 0 Å². The summed E-state index contributed by atoms with van der Waals surface area (Å²) in [6, 6.07) is 3.61. The highest BCUT2D eigenvalue weighted by atomic mass is 16.5. The Bertz CT molecular complexity index is 740. The van der Waals surface area contributed by atoms with Gasteiger partial charge in [0.15, 0.2) is 5.96 Å². The van der Waals surface area contributed by atoms with Crippen molar-refractivity contribution in [3.05, 3.63) is 42.1 Å². The van der Waals surface area contributed by atoms with Gasteiger partial charge in [0.05, 0.1) is 38.7 Å². The molecule has 1 atom stereocenters. The van der Waals surface area contributed by atoms with Crippen molar-refractivity contribution in [1.29, 1.82) is 0 Å². The number of aromatic nitrogens is 2. The van der Waals surface area contributed by atoms with Crippen LogP contribution in [0.5, 0.6) is 0 Å². The minimum absolute atomic E-state index is 0.0659. The summed E-state index contributed by atoms with van der Waals surface area (Å²) in [7, 11) is 3.59. The van der Waals surface area contributed by atoms with E-state index >= 15 is 0 Å². The summed E-state index contributed by atoms with van der Waals surface area (Å²) < 4.78 is 12.8. The number of morpholine rings is 1. The third kappa shape index (κ3) is 4.63.